The Morgan fingerprint density at radius 2 is 1.80 bits per heavy atom. The Labute approximate surface area is 55.9 Å². The second-order valence-electron chi connectivity index (χ2n) is 2.29. The predicted molar refractivity (Wildman–Crippen MR) is 26.4 cm³/mol. The Bertz CT molecular complexity index is 220. The minimum Gasteiger partial charge on any atom is -0.359 e. The van der Waals surface area contributed by atoms with Crippen molar-refractivity contribution in [2.24, 2.45) is 0 Å². The highest BCUT2D eigenvalue weighted by molar-refractivity contribution is 7.50. The number of aliphatic hydroxyl groups is 2. The van der Waals surface area contributed by atoms with Crippen molar-refractivity contribution in [3.63, 3.8) is 0 Å². The highest BCUT2D eigenvalue weighted by Crippen LogP contribution is 2.75. The van der Waals surface area contributed by atoms with Crippen LogP contribution in [0.15, 0.2) is 0 Å². The zero-order chi connectivity index (χ0) is 7.62. The summed E-state index contributed by atoms with van der Waals surface area (Å²) in [6.07, 6.45) is 0. The molecule has 3 heterocycles. The lowest BCUT2D eigenvalue weighted by molar-refractivity contribution is -0.388. The molecule has 0 aromatic heterocycles. The fourth-order valence-corrected chi connectivity index (χ4v) is 2.38. The van der Waals surface area contributed by atoms with Crippen LogP contribution in [0.2, 0.25) is 0 Å². The second kappa shape index (κ2) is 1.32. The molecule has 0 aromatic carbocycles. The highest BCUT2D eigenvalue weighted by Gasteiger charge is 2.77. The van der Waals surface area contributed by atoms with E-state index in [2.05, 4.69) is 13.6 Å². The van der Waals surface area contributed by atoms with E-state index in [1.807, 2.05) is 0 Å². The smallest absolute Gasteiger partial charge is 0.359 e. The van der Waals surface area contributed by atoms with Crippen LogP contribution in [0.3, 0.4) is 0 Å². The van der Waals surface area contributed by atoms with E-state index in [9.17, 15) is 4.57 Å². The maximum Gasteiger partial charge on any atom is 0.486 e. The molecule has 0 aliphatic carbocycles. The third kappa shape index (κ3) is 0.543. The molecule has 3 fully saturated rings. The van der Waals surface area contributed by atoms with Gasteiger partial charge in [-0.15, -0.1) is 0 Å². The van der Waals surface area contributed by atoms with Crippen molar-refractivity contribution in [2.75, 3.05) is 0 Å². The molecule has 0 spiro atoms. The number of phosphoric acid groups is 1. The van der Waals surface area contributed by atoms with Gasteiger partial charge >= 0.3 is 13.8 Å². The summed E-state index contributed by atoms with van der Waals surface area (Å²) in [5.41, 5.74) is 0. The maximum atomic E-state index is 10.7. The summed E-state index contributed by atoms with van der Waals surface area (Å²) < 4.78 is 23.6. The lowest BCUT2D eigenvalue weighted by Gasteiger charge is -2.31. The molecule has 10 heavy (non-hydrogen) atoms. The molecular formula is C3H5O6P. The fraction of sp³-hybridized carbons (Fsp3) is 1.00. The van der Waals surface area contributed by atoms with Gasteiger partial charge in [-0.3, -0.25) is 0 Å². The SMILES string of the molecule is CC1(O)OP2(=O)OC1(O)O2. The van der Waals surface area contributed by atoms with Gasteiger partial charge in [0.25, 0.3) is 5.79 Å². The number of phosphoric ester groups is 1. The van der Waals surface area contributed by atoms with Crippen molar-refractivity contribution in [1.82, 2.24) is 0 Å². The van der Waals surface area contributed by atoms with Crippen molar-refractivity contribution in [3.05, 3.63) is 0 Å². The normalized spacial score (nSPS) is 65.9. The Kier molecular flexibility index (Phi) is 0.885. The van der Waals surface area contributed by atoms with Gasteiger partial charge in [-0.25, -0.2) is 18.1 Å². The molecule has 2 bridgehead atoms. The average Bonchev–Trinajstić information content (AvgIpc) is 1.79. The zero-order valence-corrected chi connectivity index (χ0v) is 5.87. The van der Waals surface area contributed by atoms with Gasteiger partial charge in [0.15, 0.2) is 0 Å². The number of hydrogen-bond acceptors (Lipinski definition) is 6. The van der Waals surface area contributed by atoms with E-state index < -0.39 is 19.6 Å². The minimum atomic E-state index is -3.59. The van der Waals surface area contributed by atoms with Crippen molar-refractivity contribution in [2.45, 2.75) is 18.7 Å². The third-order valence-corrected chi connectivity index (χ3v) is 2.87. The second-order valence-corrected chi connectivity index (χ2v) is 3.73. The van der Waals surface area contributed by atoms with Crippen molar-refractivity contribution >= 4 is 7.82 Å². The first-order valence-electron chi connectivity index (χ1n) is 2.54. The lowest BCUT2D eigenvalue weighted by atomic mass is 10.3. The predicted octanol–water partition coefficient (Wildman–Crippen LogP) is -0.474. The highest BCUT2D eigenvalue weighted by atomic mass is 31.2. The zero-order valence-electron chi connectivity index (χ0n) is 4.97. The molecule has 6 nitrogen and oxygen atoms in total. The minimum absolute atomic E-state index is 1.10. The molecule has 0 amide bonds. The summed E-state index contributed by atoms with van der Waals surface area (Å²) in [4.78, 5) is 0. The first-order chi connectivity index (χ1) is 4.37. The summed E-state index contributed by atoms with van der Waals surface area (Å²) in [7, 11) is -3.59. The standard InChI is InChI=1S/C3H5O6P/c1-2(4)3(5)8-10(6,7-2)9-3/h4-5H,1H3. The summed E-state index contributed by atoms with van der Waals surface area (Å²) in [6, 6.07) is 0. The average molecular weight is 168 g/mol. The van der Waals surface area contributed by atoms with Gasteiger partial charge in [-0.1, -0.05) is 0 Å². The van der Waals surface area contributed by atoms with Crippen LogP contribution in [0.5, 0.6) is 0 Å². The van der Waals surface area contributed by atoms with Crippen LogP contribution in [-0.2, 0) is 18.1 Å². The van der Waals surface area contributed by atoms with Crippen LogP contribution in [0, 0.1) is 0 Å². The molecule has 3 aliphatic rings. The molecular weight excluding hydrogens is 163 g/mol. The molecule has 3 aliphatic heterocycles. The van der Waals surface area contributed by atoms with Crippen molar-refractivity contribution < 1.29 is 28.3 Å². The molecule has 3 rings (SSSR count). The molecule has 58 valence electrons. The Morgan fingerprint density at radius 1 is 1.30 bits per heavy atom. The summed E-state index contributed by atoms with van der Waals surface area (Å²) in [6.45, 7) is 1.10. The Hall–Kier alpha value is 0.0300. The van der Waals surface area contributed by atoms with Crippen LogP contribution in [0.1, 0.15) is 6.92 Å². The quantitative estimate of drug-likeness (QED) is 0.475. The van der Waals surface area contributed by atoms with E-state index in [1.54, 1.807) is 0 Å². The van der Waals surface area contributed by atoms with Crippen molar-refractivity contribution in [3.8, 4) is 0 Å². The van der Waals surface area contributed by atoms with E-state index in [0.717, 1.165) is 6.92 Å². The van der Waals surface area contributed by atoms with Crippen LogP contribution in [-0.4, -0.2) is 22.0 Å². The molecule has 0 aromatic rings. The van der Waals surface area contributed by atoms with Gasteiger partial charge in [0, 0.05) is 0 Å². The molecule has 0 radical (unpaired) electrons. The van der Waals surface area contributed by atoms with E-state index in [-0.39, 0.29) is 0 Å². The summed E-state index contributed by atoms with van der Waals surface area (Å²) in [5, 5.41) is 18.0. The molecule has 1 atom stereocenters. The largest absolute Gasteiger partial charge is 0.486 e. The number of fused-ring (bicyclic) bond motifs is 1. The van der Waals surface area contributed by atoms with Gasteiger partial charge < -0.3 is 10.2 Å². The van der Waals surface area contributed by atoms with Crippen LogP contribution in [0.4, 0.5) is 0 Å². The van der Waals surface area contributed by atoms with Gasteiger partial charge in [0.2, 0.25) is 0 Å². The summed E-state index contributed by atoms with van der Waals surface area (Å²) >= 11 is 0. The topological polar surface area (TPSA) is 85.2 Å². The molecule has 3 saturated heterocycles. The van der Waals surface area contributed by atoms with E-state index in [1.165, 1.54) is 0 Å². The first kappa shape index (κ1) is 6.72. The molecule has 2 N–H and O–H groups in total. The monoisotopic (exact) mass is 168 g/mol. The maximum absolute atomic E-state index is 10.7. The summed E-state index contributed by atoms with van der Waals surface area (Å²) in [5.74, 6) is -4.26. The number of hydrogen-bond donors (Lipinski definition) is 2. The van der Waals surface area contributed by atoms with Gasteiger partial charge in [0.05, 0.1) is 0 Å². The third-order valence-electron chi connectivity index (χ3n) is 1.35. The van der Waals surface area contributed by atoms with E-state index in [0.29, 0.717) is 0 Å². The Morgan fingerprint density at radius 3 is 1.90 bits per heavy atom. The van der Waals surface area contributed by atoms with Gasteiger partial charge in [0.1, 0.15) is 0 Å². The fourth-order valence-electron chi connectivity index (χ4n) is 0.792. The lowest BCUT2D eigenvalue weighted by Crippen LogP contribution is -2.51. The Balaban J connectivity index is 2.41. The van der Waals surface area contributed by atoms with Crippen LogP contribution >= 0.6 is 7.82 Å². The van der Waals surface area contributed by atoms with Gasteiger partial charge in [-0.2, -0.15) is 0 Å². The van der Waals surface area contributed by atoms with Gasteiger partial charge in [-0.05, 0) is 6.92 Å². The van der Waals surface area contributed by atoms with Crippen LogP contribution < -0.4 is 0 Å². The molecule has 7 heteroatoms. The first-order valence-corrected chi connectivity index (χ1v) is 4.00. The van der Waals surface area contributed by atoms with E-state index in [4.69, 9.17) is 10.2 Å². The van der Waals surface area contributed by atoms with Crippen LogP contribution in [0.25, 0.3) is 0 Å². The van der Waals surface area contributed by atoms with Crippen molar-refractivity contribution in [1.29, 1.82) is 0 Å². The molecule has 0 saturated carbocycles. The number of rotatable bonds is 0. The molecule has 1 unspecified atom stereocenters. The van der Waals surface area contributed by atoms with E-state index >= 15 is 0 Å².